The first-order chi connectivity index (χ1) is 12.5. The Bertz CT molecular complexity index is 962. The van der Waals surface area contributed by atoms with E-state index >= 15 is 0 Å². The fourth-order valence-corrected chi connectivity index (χ4v) is 2.80. The zero-order chi connectivity index (χ0) is 18.7. The number of rotatable bonds is 5. The Morgan fingerprint density at radius 3 is 2.77 bits per heavy atom. The first-order valence-corrected chi connectivity index (χ1v) is 8.53. The van der Waals surface area contributed by atoms with Gasteiger partial charge in [-0.05, 0) is 37.3 Å². The van der Waals surface area contributed by atoms with Gasteiger partial charge in [-0.1, -0.05) is 23.7 Å². The van der Waals surface area contributed by atoms with E-state index in [2.05, 4.69) is 4.98 Å². The lowest BCUT2D eigenvalue weighted by molar-refractivity contribution is 0.0773. The molecule has 6 heteroatoms. The lowest BCUT2D eigenvalue weighted by atomic mass is 10.1. The Morgan fingerprint density at radius 1 is 1.23 bits per heavy atom. The molecule has 26 heavy (non-hydrogen) atoms. The highest BCUT2D eigenvalue weighted by molar-refractivity contribution is 6.32. The predicted octanol–water partition coefficient (Wildman–Crippen LogP) is 4.49. The summed E-state index contributed by atoms with van der Waals surface area (Å²) in [7, 11) is 1.70. The number of carbonyl (C=O) groups excluding carboxylic acids is 1. The molecular formula is C20H18ClFN2O2. The zero-order valence-electron chi connectivity index (χ0n) is 14.5. The average Bonchev–Trinajstić information content (AvgIpc) is 2.62. The van der Waals surface area contributed by atoms with Gasteiger partial charge < -0.3 is 9.64 Å². The van der Waals surface area contributed by atoms with Crippen molar-refractivity contribution in [3.63, 3.8) is 0 Å². The van der Waals surface area contributed by atoms with E-state index in [0.29, 0.717) is 40.7 Å². The summed E-state index contributed by atoms with van der Waals surface area (Å²) in [5.41, 5.74) is 1.58. The number of hydrogen-bond acceptors (Lipinski definition) is 3. The number of carbonyl (C=O) groups is 1. The van der Waals surface area contributed by atoms with Gasteiger partial charge >= 0.3 is 0 Å². The number of ether oxygens (including phenoxy) is 1. The van der Waals surface area contributed by atoms with Crippen LogP contribution < -0.4 is 4.74 Å². The molecule has 1 amide bonds. The van der Waals surface area contributed by atoms with E-state index in [0.717, 1.165) is 5.39 Å². The third-order valence-electron chi connectivity index (χ3n) is 4.07. The molecule has 0 aliphatic heterocycles. The molecule has 0 unspecified atom stereocenters. The van der Waals surface area contributed by atoms with Crippen molar-refractivity contribution in [3.8, 4) is 5.75 Å². The molecule has 0 aliphatic carbocycles. The van der Waals surface area contributed by atoms with Crippen molar-refractivity contribution in [3.05, 3.63) is 70.6 Å². The van der Waals surface area contributed by atoms with E-state index in [1.54, 1.807) is 43.1 Å². The van der Waals surface area contributed by atoms with Gasteiger partial charge in [0.25, 0.3) is 5.91 Å². The Kier molecular flexibility index (Phi) is 5.38. The molecule has 0 atom stereocenters. The first-order valence-electron chi connectivity index (χ1n) is 8.15. The van der Waals surface area contributed by atoms with Gasteiger partial charge in [-0.25, -0.2) is 4.39 Å². The molecule has 1 aromatic heterocycles. The van der Waals surface area contributed by atoms with Gasteiger partial charge in [0, 0.05) is 18.5 Å². The fourth-order valence-electron chi connectivity index (χ4n) is 2.61. The summed E-state index contributed by atoms with van der Waals surface area (Å²) in [4.78, 5) is 18.6. The van der Waals surface area contributed by atoms with Gasteiger partial charge in [0.1, 0.15) is 18.2 Å². The molecule has 3 aromatic rings. The van der Waals surface area contributed by atoms with Gasteiger partial charge in [0.15, 0.2) is 0 Å². The molecule has 0 aliphatic rings. The van der Waals surface area contributed by atoms with Crippen LogP contribution in [-0.2, 0) is 0 Å². The number of aryl methyl sites for hydroxylation is 1. The maximum atomic E-state index is 13.3. The number of likely N-dealkylation sites (N-methyl/N-ethyl adjacent to an activating group) is 1. The molecule has 0 bridgehead atoms. The van der Waals surface area contributed by atoms with Crippen molar-refractivity contribution in [2.75, 3.05) is 20.2 Å². The van der Waals surface area contributed by atoms with Crippen molar-refractivity contribution in [1.29, 1.82) is 0 Å². The molecule has 1 heterocycles. The van der Waals surface area contributed by atoms with Crippen molar-refractivity contribution in [2.24, 2.45) is 0 Å². The number of benzene rings is 2. The van der Waals surface area contributed by atoms with Crippen LogP contribution in [0.2, 0.25) is 5.02 Å². The number of amides is 1. The summed E-state index contributed by atoms with van der Waals surface area (Å²) in [6.45, 7) is 2.45. The van der Waals surface area contributed by atoms with Crippen LogP contribution in [0.4, 0.5) is 4.39 Å². The summed E-state index contributed by atoms with van der Waals surface area (Å²) in [6.07, 6.45) is 0. The Balaban J connectivity index is 1.70. The van der Waals surface area contributed by atoms with Crippen LogP contribution in [0.3, 0.4) is 0 Å². The standard InChI is InChI=1S/C20H18ClFN2O2/c1-13-16(11-14-7-8-15(22)12-18(14)23-13)20(25)24(2)9-10-26-19-6-4-3-5-17(19)21/h3-8,11-12H,9-10H2,1-2H3. The molecular weight excluding hydrogens is 355 g/mol. The highest BCUT2D eigenvalue weighted by Gasteiger charge is 2.16. The van der Waals surface area contributed by atoms with Crippen LogP contribution in [-0.4, -0.2) is 36.0 Å². The summed E-state index contributed by atoms with van der Waals surface area (Å²) in [6, 6.07) is 13.3. The maximum Gasteiger partial charge on any atom is 0.255 e. The second-order valence-electron chi connectivity index (χ2n) is 5.96. The quantitative estimate of drug-likeness (QED) is 0.662. The number of para-hydroxylation sites is 1. The highest BCUT2D eigenvalue weighted by atomic mass is 35.5. The minimum Gasteiger partial charge on any atom is -0.490 e. The van der Waals surface area contributed by atoms with E-state index in [9.17, 15) is 9.18 Å². The number of hydrogen-bond donors (Lipinski definition) is 0. The van der Waals surface area contributed by atoms with Crippen molar-refractivity contribution < 1.29 is 13.9 Å². The molecule has 0 saturated heterocycles. The van der Waals surface area contributed by atoms with Crippen LogP contribution in [0.15, 0.2) is 48.5 Å². The van der Waals surface area contributed by atoms with E-state index in [4.69, 9.17) is 16.3 Å². The number of fused-ring (bicyclic) bond motifs is 1. The average molecular weight is 373 g/mol. The zero-order valence-corrected chi connectivity index (χ0v) is 15.3. The third kappa shape index (κ3) is 3.94. The van der Waals surface area contributed by atoms with Gasteiger partial charge in [-0.2, -0.15) is 0 Å². The molecule has 4 nitrogen and oxygen atoms in total. The van der Waals surface area contributed by atoms with Crippen LogP contribution in [0.5, 0.6) is 5.75 Å². The lowest BCUT2D eigenvalue weighted by Crippen LogP contribution is -2.31. The van der Waals surface area contributed by atoms with E-state index in [-0.39, 0.29) is 11.7 Å². The van der Waals surface area contributed by atoms with E-state index in [1.165, 1.54) is 12.1 Å². The summed E-state index contributed by atoms with van der Waals surface area (Å²) < 4.78 is 18.9. The van der Waals surface area contributed by atoms with Gasteiger partial charge in [-0.15, -0.1) is 0 Å². The van der Waals surface area contributed by atoms with Crippen LogP contribution in [0.25, 0.3) is 10.9 Å². The fraction of sp³-hybridized carbons (Fsp3) is 0.200. The minimum absolute atomic E-state index is 0.163. The Labute approximate surface area is 156 Å². The molecule has 2 aromatic carbocycles. The normalized spacial score (nSPS) is 10.8. The Morgan fingerprint density at radius 2 is 2.00 bits per heavy atom. The monoisotopic (exact) mass is 372 g/mol. The summed E-state index contributed by atoms with van der Waals surface area (Å²) >= 11 is 6.04. The summed E-state index contributed by atoms with van der Waals surface area (Å²) in [5.74, 6) is 0.0712. The highest BCUT2D eigenvalue weighted by Crippen LogP contribution is 2.23. The smallest absolute Gasteiger partial charge is 0.255 e. The topological polar surface area (TPSA) is 42.4 Å². The molecule has 0 saturated carbocycles. The predicted molar refractivity (Wildman–Crippen MR) is 100 cm³/mol. The van der Waals surface area contributed by atoms with E-state index < -0.39 is 0 Å². The molecule has 134 valence electrons. The number of nitrogens with zero attached hydrogens (tertiary/aromatic N) is 2. The maximum absolute atomic E-state index is 13.3. The van der Waals surface area contributed by atoms with Crippen molar-refractivity contribution >= 4 is 28.4 Å². The summed E-state index contributed by atoms with van der Waals surface area (Å²) in [5, 5.41) is 1.25. The minimum atomic E-state index is -0.350. The van der Waals surface area contributed by atoms with Gasteiger partial charge in [-0.3, -0.25) is 9.78 Å². The second kappa shape index (κ2) is 7.70. The lowest BCUT2D eigenvalue weighted by Gasteiger charge is -2.19. The van der Waals surface area contributed by atoms with Crippen LogP contribution in [0.1, 0.15) is 16.1 Å². The number of halogens is 2. The van der Waals surface area contributed by atoms with Crippen LogP contribution in [0, 0.1) is 12.7 Å². The SMILES string of the molecule is Cc1nc2cc(F)ccc2cc1C(=O)N(C)CCOc1ccccc1Cl. The molecule has 0 fully saturated rings. The largest absolute Gasteiger partial charge is 0.490 e. The van der Waals surface area contributed by atoms with E-state index in [1.807, 2.05) is 12.1 Å². The first kappa shape index (κ1) is 18.1. The molecule has 0 radical (unpaired) electrons. The second-order valence-corrected chi connectivity index (χ2v) is 6.37. The number of aromatic nitrogens is 1. The van der Waals surface area contributed by atoms with Crippen molar-refractivity contribution in [2.45, 2.75) is 6.92 Å². The van der Waals surface area contributed by atoms with Crippen LogP contribution >= 0.6 is 11.6 Å². The third-order valence-corrected chi connectivity index (χ3v) is 4.38. The molecule has 0 spiro atoms. The molecule has 3 rings (SSSR count). The van der Waals surface area contributed by atoms with Gasteiger partial charge in [0.2, 0.25) is 0 Å². The molecule has 0 N–H and O–H groups in total. The number of pyridine rings is 1. The Hall–Kier alpha value is -2.66. The van der Waals surface area contributed by atoms with Gasteiger partial charge in [0.05, 0.1) is 28.3 Å². The van der Waals surface area contributed by atoms with Crippen molar-refractivity contribution in [1.82, 2.24) is 9.88 Å².